The van der Waals surface area contributed by atoms with Gasteiger partial charge in [-0.25, -0.2) is 9.59 Å². The summed E-state index contributed by atoms with van der Waals surface area (Å²) in [6, 6.07) is 7.20. The minimum Gasteiger partial charge on any atom is -0.463 e. The Morgan fingerprint density at radius 3 is 2.48 bits per heavy atom. The molecule has 0 aliphatic carbocycles. The van der Waals surface area contributed by atoms with Crippen molar-refractivity contribution < 1.29 is 14.3 Å². The summed E-state index contributed by atoms with van der Waals surface area (Å²) < 4.78 is 5.13. The topological polar surface area (TPSA) is 67.4 Å². The molecule has 0 fully saturated rings. The molecule has 23 heavy (non-hydrogen) atoms. The Labute approximate surface area is 137 Å². The molecule has 1 aliphatic heterocycles. The number of carbonyl (C=O) groups is 2. The first kappa shape index (κ1) is 17.1. The third kappa shape index (κ3) is 4.12. The van der Waals surface area contributed by atoms with E-state index >= 15 is 0 Å². The minimum absolute atomic E-state index is 0.295. The maximum atomic E-state index is 12.2. The highest BCUT2D eigenvalue weighted by Gasteiger charge is 2.31. The van der Waals surface area contributed by atoms with E-state index in [0.717, 1.165) is 12.0 Å². The molecule has 1 aromatic rings. The summed E-state index contributed by atoms with van der Waals surface area (Å²) in [7, 11) is 0. The van der Waals surface area contributed by atoms with Gasteiger partial charge in [0.15, 0.2) is 0 Å². The molecule has 0 radical (unpaired) electrons. The van der Waals surface area contributed by atoms with Gasteiger partial charge in [-0.2, -0.15) is 0 Å². The lowest BCUT2D eigenvalue weighted by molar-refractivity contribution is -0.139. The van der Waals surface area contributed by atoms with Crippen LogP contribution in [0.4, 0.5) is 4.79 Å². The summed E-state index contributed by atoms with van der Waals surface area (Å²) >= 11 is 0. The lowest BCUT2D eigenvalue weighted by atomic mass is 9.93. The molecular weight excluding hydrogens is 292 g/mol. The van der Waals surface area contributed by atoms with E-state index in [0.29, 0.717) is 23.8 Å². The normalized spacial score (nSPS) is 17.8. The number of allylic oxidation sites excluding steroid dienone is 1. The van der Waals surface area contributed by atoms with Crippen LogP contribution in [0.25, 0.3) is 0 Å². The van der Waals surface area contributed by atoms with Crippen molar-refractivity contribution in [1.29, 1.82) is 0 Å². The molecule has 2 amide bonds. The molecule has 0 bridgehead atoms. The van der Waals surface area contributed by atoms with Gasteiger partial charge in [-0.1, -0.05) is 38.1 Å². The van der Waals surface area contributed by atoms with E-state index in [1.165, 1.54) is 5.56 Å². The van der Waals surface area contributed by atoms with Crippen molar-refractivity contribution >= 4 is 12.0 Å². The van der Waals surface area contributed by atoms with Gasteiger partial charge in [0.1, 0.15) is 0 Å². The van der Waals surface area contributed by atoms with Crippen LogP contribution in [0.5, 0.6) is 0 Å². The van der Waals surface area contributed by atoms with E-state index < -0.39 is 12.0 Å². The zero-order valence-corrected chi connectivity index (χ0v) is 14.1. The van der Waals surface area contributed by atoms with Gasteiger partial charge in [0, 0.05) is 5.70 Å². The number of rotatable bonds is 5. The van der Waals surface area contributed by atoms with Crippen LogP contribution in [0, 0.1) is 5.92 Å². The van der Waals surface area contributed by atoms with Crippen LogP contribution < -0.4 is 10.6 Å². The fourth-order valence-electron chi connectivity index (χ4n) is 2.74. The number of nitrogens with one attached hydrogen (secondary N) is 2. The summed E-state index contributed by atoms with van der Waals surface area (Å²) in [6.45, 7) is 8.12. The quantitative estimate of drug-likeness (QED) is 0.820. The first-order valence-electron chi connectivity index (χ1n) is 7.96. The average Bonchev–Trinajstić information content (AvgIpc) is 2.46. The Balaban J connectivity index is 2.32. The number of ether oxygens (including phenoxy) is 1. The van der Waals surface area contributed by atoms with Gasteiger partial charge in [-0.05, 0) is 37.3 Å². The van der Waals surface area contributed by atoms with Gasteiger partial charge < -0.3 is 15.4 Å². The van der Waals surface area contributed by atoms with Crippen molar-refractivity contribution in [1.82, 2.24) is 10.6 Å². The molecule has 1 heterocycles. The monoisotopic (exact) mass is 316 g/mol. The standard InChI is InChI=1S/C18H24N2O3/c1-5-23-17(21)15-12(4)19-18(22)20-16(15)14-8-6-13(7-9-14)10-11(2)3/h6-9,11,16H,5,10H2,1-4H3,(H2,19,20,22). The maximum absolute atomic E-state index is 12.2. The van der Waals surface area contributed by atoms with Gasteiger partial charge in [0.2, 0.25) is 0 Å². The van der Waals surface area contributed by atoms with Gasteiger partial charge >= 0.3 is 12.0 Å². The van der Waals surface area contributed by atoms with Crippen LogP contribution in [0.2, 0.25) is 0 Å². The first-order chi connectivity index (χ1) is 10.9. The Morgan fingerprint density at radius 1 is 1.26 bits per heavy atom. The number of hydrogen-bond acceptors (Lipinski definition) is 3. The molecule has 0 saturated carbocycles. The van der Waals surface area contributed by atoms with Crippen LogP contribution >= 0.6 is 0 Å². The first-order valence-corrected chi connectivity index (χ1v) is 7.96. The number of carbonyl (C=O) groups excluding carboxylic acids is 2. The van der Waals surface area contributed by atoms with Gasteiger partial charge in [0.25, 0.3) is 0 Å². The molecular formula is C18H24N2O3. The Bertz CT molecular complexity index is 618. The molecule has 1 aliphatic rings. The molecule has 0 aromatic heterocycles. The zero-order chi connectivity index (χ0) is 17.0. The second-order valence-corrected chi connectivity index (χ2v) is 6.13. The molecule has 1 unspecified atom stereocenters. The van der Waals surface area contributed by atoms with Crippen molar-refractivity contribution in [3.63, 3.8) is 0 Å². The number of benzene rings is 1. The molecule has 0 spiro atoms. The van der Waals surface area contributed by atoms with Crippen molar-refractivity contribution in [3.05, 3.63) is 46.7 Å². The van der Waals surface area contributed by atoms with E-state index in [4.69, 9.17) is 4.74 Å². The fourth-order valence-corrected chi connectivity index (χ4v) is 2.74. The number of amides is 2. The number of hydrogen-bond donors (Lipinski definition) is 2. The van der Waals surface area contributed by atoms with E-state index in [9.17, 15) is 9.59 Å². The lowest BCUT2D eigenvalue weighted by Gasteiger charge is -2.28. The zero-order valence-electron chi connectivity index (χ0n) is 14.1. The summed E-state index contributed by atoms with van der Waals surface area (Å²) in [5, 5.41) is 5.44. The summed E-state index contributed by atoms with van der Waals surface area (Å²) in [5.41, 5.74) is 3.09. The molecule has 1 atom stereocenters. The lowest BCUT2D eigenvalue weighted by Crippen LogP contribution is -2.45. The third-order valence-electron chi connectivity index (χ3n) is 3.72. The average molecular weight is 316 g/mol. The number of esters is 1. The van der Waals surface area contributed by atoms with Crippen molar-refractivity contribution in [2.75, 3.05) is 6.61 Å². The highest BCUT2D eigenvalue weighted by molar-refractivity contribution is 5.95. The second kappa shape index (κ2) is 7.31. The summed E-state index contributed by atoms with van der Waals surface area (Å²) in [6.07, 6.45) is 0.998. The second-order valence-electron chi connectivity index (χ2n) is 6.13. The predicted octanol–water partition coefficient (Wildman–Crippen LogP) is 3.08. The van der Waals surface area contributed by atoms with Crippen LogP contribution in [0.1, 0.15) is 44.9 Å². The van der Waals surface area contributed by atoms with E-state index in [1.54, 1.807) is 13.8 Å². The fraction of sp³-hybridized carbons (Fsp3) is 0.444. The number of urea groups is 1. The van der Waals surface area contributed by atoms with Crippen molar-refractivity contribution in [3.8, 4) is 0 Å². The van der Waals surface area contributed by atoms with Crippen LogP contribution in [-0.2, 0) is 16.0 Å². The molecule has 2 rings (SSSR count). The molecule has 5 nitrogen and oxygen atoms in total. The van der Waals surface area contributed by atoms with Gasteiger partial charge in [0.05, 0.1) is 18.2 Å². The van der Waals surface area contributed by atoms with Crippen LogP contribution in [0.3, 0.4) is 0 Å². The van der Waals surface area contributed by atoms with E-state index in [1.807, 2.05) is 24.3 Å². The Morgan fingerprint density at radius 2 is 1.91 bits per heavy atom. The third-order valence-corrected chi connectivity index (χ3v) is 3.72. The van der Waals surface area contributed by atoms with Crippen molar-refractivity contribution in [2.45, 2.75) is 40.2 Å². The molecule has 5 heteroatoms. The molecule has 1 aromatic carbocycles. The molecule has 124 valence electrons. The van der Waals surface area contributed by atoms with Crippen LogP contribution in [0.15, 0.2) is 35.5 Å². The Kier molecular flexibility index (Phi) is 5.42. The summed E-state index contributed by atoms with van der Waals surface area (Å²) in [4.78, 5) is 24.0. The largest absolute Gasteiger partial charge is 0.463 e. The van der Waals surface area contributed by atoms with Crippen LogP contribution in [-0.4, -0.2) is 18.6 Å². The predicted molar refractivity (Wildman–Crippen MR) is 88.7 cm³/mol. The van der Waals surface area contributed by atoms with Gasteiger partial charge in [-0.15, -0.1) is 0 Å². The van der Waals surface area contributed by atoms with Crippen molar-refractivity contribution in [2.24, 2.45) is 5.92 Å². The SMILES string of the molecule is CCOC(=O)C1=C(C)NC(=O)NC1c1ccc(CC(C)C)cc1. The molecule has 2 N–H and O–H groups in total. The van der Waals surface area contributed by atoms with E-state index in [-0.39, 0.29) is 6.03 Å². The van der Waals surface area contributed by atoms with E-state index in [2.05, 4.69) is 24.5 Å². The highest BCUT2D eigenvalue weighted by Crippen LogP contribution is 2.28. The summed E-state index contributed by atoms with van der Waals surface area (Å²) in [5.74, 6) is 0.172. The highest BCUT2D eigenvalue weighted by atomic mass is 16.5. The van der Waals surface area contributed by atoms with Gasteiger partial charge in [-0.3, -0.25) is 0 Å². The molecule has 0 saturated heterocycles. The Hall–Kier alpha value is -2.30. The smallest absolute Gasteiger partial charge is 0.338 e. The maximum Gasteiger partial charge on any atom is 0.338 e. The minimum atomic E-state index is -0.490.